The molecular weight excluding hydrogens is 386 g/mol. The number of hydrogen-bond acceptors (Lipinski definition) is 5. The molecule has 0 spiro atoms. The topological polar surface area (TPSA) is 69.6 Å². The Bertz CT molecular complexity index is 1050. The zero-order valence-corrected chi connectivity index (χ0v) is 16.6. The molecule has 0 aliphatic carbocycles. The summed E-state index contributed by atoms with van der Waals surface area (Å²) in [6, 6.07) is 19.9. The summed E-state index contributed by atoms with van der Waals surface area (Å²) in [5.74, 6) is 1.07. The lowest BCUT2D eigenvalue weighted by Gasteiger charge is -2.23. The number of aryl methyl sites for hydroxylation is 1. The molecule has 2 aromatic carbocycles. The number of hydrazone groups is 1. The van der Waals surface area contributed by atoms with Crippen LogP contribution in [0.15, 0.2) is 72.0 Å². The van der Waals surface area contributed by atoms with E-state index in [4.69, 9.17) is 11.6 Å². The summed E-state index contributed by atoms with van der Waals surface area (Å²) in [5.41, 5.74) is 4.32. The number of benzene rings is 2. The van der Waals surface area contributed by atoms with E-state index < -0.39 is 0 Å². The molecule has 1 aliphatic rings. The molecule has 2 heterocycles. The molecule has 6 nitrogen and oxygen atoms in total. The SMILES string of the molecule is Cc1ccc(Cl)cc1-c1ccnc(N2N=C(NC=O)NC2Cc2ccccc2)c1. The first kappa shape index (κ1) is 19.0. The molecule has 29 heavy (non-hydrogen) atoms. The van der Waals surface area contributed by atoms with E-state index in [0.717, 1.165) is 22.3 Å². The van der Waals surface area contributed by atoms with Crippen LogP contribution in [0.25, 0.3) is 11.1 Å². The molecule has 0 bridgehead atoms. The van der Waals surface area contributed by atoms with E-state index in [2.05, 4.69) is 32.9 Å². The average molecular weight is 406 g/mol. The predicted octanol–water partition coefficient (Wildman–Crippen LogP) is 3.71. The molecule has 0 radical (unpaired) electrons. The standard InChI is InChI=1S/C22H20ClN5O/c1-15-7-8-18(23)13-19(15)17-9-10-24-20(12-17)28-21(26-22(27-28)25-14-29)11-16-5-3-2-4-6-16/h2-10,12-14,21H,11H2,1H3,(H2,25,26,27,29). The molecule has 2 N–H and O–H groups in total. The van der Waals surface area contributed by atoms with E-state index in [1.807, 2.05) is 55.5 Å². The Balaban J connectivity index is 1.68. The molecule has 0 saturated heterocycles. The summed E-state index contributed by atoms with van der Waals surface area (Å²) >= 11 is 6.20. The third-order valence-corrected chi connectivity index (χ3v) is 5.00. The maximum absolute atomic E-state index is 10.9. The van der Waals surface area contributed by atoms with Gasteiger partial charge in [0.1, 0.15) is 6.17 Å². The third kappa shape index (κ3) is 4.22. The zero-order valence-electron chi connectivity index (χ0n) is 15.8. The summed E-state index contributed by atoms with van der Waals surface area (Å²) in [7, 11) is 0. The summed E-state index contributed by atoms with van der Waals surface area (Å²) in [4.78, 5) is 15.4. The first-order valence-electron chi connectivity index (χ1n) is 9.25. The van der Waals surface area contributed by atoms with Gasteiger partial charge in [0.05, 0.1) is 0 Å². The zero-order chi connectivity index (χ0) is 20.2. The van der Waals surface area contributed by atoms with Gasteiger partial charge in [-0.1, -0.05) is 48.0 Å². The Kier molecular flexibility index (Phi) is 5.44. The molecule has 0 saturated carbocycles. The Morgan fingerprint density at radius 3 is 2.79 bits per heavy atom. The molecule has 1 amide bonds. The number of aromatic nitrogens is 1. The number of carbonyl (C=O) groups excluding carboxylic acids is 1. The van der Waals surface area contributed by atoms with E-state index in [1.165, 1.54) is 0 Å². The Morgan fingerprint density at radius 2 is 2.00 bits per heavy atom. The van der Waals surface area contributed by atoms with Crippen LogP contribution in [-0.4, -0.2) is 23.5 Å². The minimum atomic E-state index is -0.178. The van der Waals surface area contributed by atoms with Crippen LogP contribution in [0.5, 0.6) is 0 Å². The predicted molar refractivity (Wildman–Crippen MR) is 116 cm³/mol. The number of nitrogens with one attached hydrogen (secondary N) is 2. The molecule has 1 atom stereocenters. The summed E-state index contributed by atoms with van der Waals surface area (Å²) in [6.07, 6.45) is 2.87. The van der Waals surface area contributed by atoms with Crippen molar-refractivity contribution >= 4 is 29.8 Å². The Morgan fingerprint density at radius 1 is 1.17 bits per heavy atom. The number of carbonyl (C=O) groups is 1. The van der Waals surface area contributed by atoms with Crippen molar-refractivity contribution in [3.63, 3.8) is 0 Å². The number of anilines is 1. The first-order chi connectivity index (χ1) is 14.1. The maximum Gasteiger partial charge on any atom is 0.222 e. The van der Waals surface area contributed by atoms with E-state index in [9.17, 15) is 4.79 Å². The van der Waals surface area contributed by atoms with Crippen LogP contribution >= 0.6 is 11.6 Å². The lowest BCUT2D eigenvalue weighted by atomic mass is 10.0. The highest BCUT2D eigenvalue weighted by Crippen LogP contribution is 2.30. The van der Waals surface area contributed by atoms with Gasteiger partial charge in [0.2, 0.25) is 12.4 Å². The van der Waals surface area contributed by atoms with E-state index in [1.54, 1.807) is 11.2 Å². The second-order valence-electron chi connectivity index (χ2n) is 6.77. The van der Waals surface area contributed by atoms with Crippen molar-refractivity contribution in [3.05, 3.63) is 83.0 Å². The van der Waals surface area contributed by atoms with Crippen molar-refractivity contribution in [2.75, 3.05) is 5.01 Å². The van der Waals surface area contributed by atoms with Gasteiger partial charge in [-0.2, -0.15) is 0 Å². The van der Waals surface area contributed by atoms with Gasteiger partial charge in [0.25, 0.3) is 0 Å². The highest BCUT2D eigenvalue weighted by Gasteiger charge is 2.28. The van der Waals surface area contributed by atoms with Crippen LogP contribution in [0.1, 0.15) is 11.1 Å². The van der Waals surface area contributed by atoms with Crippen molar-refractivity contribution in [2.24, 2.45) is 5.10 Å². The van der Waals surface area contributed by atoms with Gasteiger partial charge in [0, 0.05) is 17.6 Å². The van der Waals surface area contributed by atoms with Crippen LogP contribution in [-0.2, 0) is 11.2 Å². The van der Waals surface area contributed by atoms with Crippen molar-refractivity contribution in [2.45, 2.75) is 19.5 Å². The fourth-order valence-corrected chi connectivity index (χ4v) is 3.53. The highest BCUT2D eigenvalue weighted by atomic mass is 35.5. The second kappa shape index (κ2) is 8.32. The summed E-state index contributed by atoms with van der Waals surface area (Å²) in [6.45, 7) is 2.05. The second-order valence-corrected chi connectivity index (χ2v) is 7.20. The van der Waals surface area contributed by atoms with E-state index in [0.29, 0.717) is 29.6 Å². The van der Waals surface area contributed by atoms with Gasteiger partial charge in [-0.3, -0.25) is 10.1 Å². The van der Waals surface area contributed by atoms with Crippen molar-refractivity contribution in [1.82, 2.24) is 15.6 Å². The quantitative estimate of drug-likeness (QED) is 0.635. The molecular formula is C22H20ClN5O. The average Bonchev–Trinajstić information content (AvgIpc) is 3.13. The van der Waals surface area contributed by atoms with Crippen LogP contribution in [0.4, 0.5) is 5.82 Å². The van der Waals surface area contributed by atoms with Crippen LogP contribution in [0.3, 0.4) is 0 Å². The lowest BCUT2D eigenvalue weighted by Crippen LogP contribution is -2.43. The summed E-state index contributed by atoms with van der Waals surface area (Å²) in [5, 5.41) is 12.8. The largest absolute Gasteiger partial charge is 0.332 e. The number of halogens is 1. The first-order valence-corrected chi connectivity index (χ1v) is 9.63. The number of guanidine groups is 1. The minimum absolute atomic E-state index is 0.178. The third-order valence-electron chi connectivity index (χ3n) is 4.76. The van der Waals surface area contributed by atoms with E-state index >= 15 is 0 Å². The molecule has 3 aromatic rings. The van der Waals surface area contributed by atoms with Gasteiger partial charge in [-0.05, 0) is 53.4 Å². The molecule has 0 fully saturated rings. The summed E-state index contributed by atoms with van der Waals surface area (Å²) < 4.78 is 0. The van der Waals surface area contributed by atoms with E-state index in [-0.39, 0.29) is 6.17 Å². The number of amides is 1. The number of hydrogen-bond donors (Lipinski definition) is 2. The minimum Gasteiger partial charge on any atom is -0.332 e. The molecule has 146 valence electrons. The van der Waals surface area contributed by atoms with Crippen LogP contribution in [0.2, 0.25) is 5.02 Å². The number of rotatable bonds is 5. The van der Waals surface area contributed by atoms with Gasteiger partial charge in [0.15, 0.2) is 5.82 Å². The molecule has 1 unspecified atom stereocenters. The van der Waals surface area contributed by atoms with Gasteiger partial charge >= 0.3 is 0 Å². The fourth-order valence-electron chi connectivity index (χ4n) is 3.35. The molecule has 1 aromatic heterocycles. The van der Waals surface area contributed by atoms with Gasteiger partial charge in [-0.15, -0.1) is 5.10 Å². The van der Waals surface area contributed by atoms with Gasteiger partial charge in [-0.25, -0.2) is 9.99 Å². The van der Waals surface area contributed by atoms with Crippen LogP contribution in [0, 0.1) is 6.92 Å². The fraction of sp³-hybridized carbons (Fsp3) is 0.136. The normalized spacial score (nSPS) is 15.6. The van der Waals surface area contributed by atoms with Crippen molar-refractivity contribution < 1.29 is 4.79 Å². The molecule has 7 heteroatoms. The van der Waals surface area contributed by atoms with Crippen molar-refractivity contribution in [1.29, 1.82) is 0 Å². The van der Waals surface area contributed by atoms with Crippen molar-refractivity contribution in [3.8, 4) is 11.1 Å². The highest BCUT2D eigenvalue weighted by molar-refractivity contribution is 6.30. The van der Waals surface area contributed by atoms with Gasteiger partial charge < -0.3 is 5.32 Å². The smallest absolute Gasteiger partial charge is 0.222 e. The lowest BCUT2D eigenvalue weighted by molar-refractivity contribution is -0.108. The molecule has 1 aliphatic heterocycles. The number of nitrogens with zero attached hydrogens (tertiary/aromatic N) is 3. The Hall–Kier alpha value is -3.38. The molecule has 4 rings (SSSR count). The number of pyridine rings is 1. The Labute approximate surface area is 174 Å². The monoisotopic (exact) mass is 405 g/mol. The van der Waals surface area contributed by atoms with Crippen LogP contribution < -0.4 is 15.6 Å². The maximum atomic E-state index is 10.9.